The molecule has 1 aromatic heterocycles. The zero-order valence-corrected chi connectivity index (χ0v) is 13.8. The maximum absolute atomic E-state index is 12.7. The van der Waals surface area contributed by atoms with Crippen molar-refractivity contribution in [2.45, 2.75) is 6.54 Å². The van der Waals surface area contributed by atoms with Crippen LogP contribution in [0.25, 0.3) is 10.9 Å². The Hall–Kier alpha value is -2.31. The second-order valence-corrected chi connectivity index (χ2v) is 6.14. The summed E-state index contributed by atoms with van der Waals surface area (Å²) in [5, 5.41) is 9.50. The molecule has 1 aliphatic heterocycles. The van der Waals surface area contributed by atoms with Crippen LogP contribution in [0.4, 0.5) is 0 Å². The molecule has 0 saturated heterocycles. The summed E-state index contributed by atoms with van der Waals surface area (Å²) in [5.74, 6) is 1.11. The zero-order valence-electron chi connectivity index (χ0n) is 12.3. The van der Waals surface area contributed by atoms with Crippen LogP contribution < -0.4 is 15.0 Å². The van der Waals surface area contributed by atoms with Crippen molar-refractivity contribution in [2.24, 2.45) is 0 Å². The van der Waals surface area contributed by atoms with E-state index >= 15 is 0 Å². The Morgan fingerprint density at radius 2 is 1.83 bits per heavy atom. The predicted molar refractivity (Wildman–Crippen MR) is 90.4 cm³/mol. The normalized spacial score (nSPS) is 13.2. The van der Waals surface area contributed by atoms with E-state index in [0.29, 0.717) is 45.7 Å². The lowest BCUT2D eigenvalue weighted by molar-refractivity contribution is 0.172. The summed E-state index contributed by atoms with van der Waals surface area (Å²) in [6.45, 7) is 1.12. The third-order valence-electron chi connectivity index (χ3n) is 3.72. The molecule has 1 aliphatic rings. The predicted octanol–water partition coefficient (Wildman–Crippen LogP) is 2.92. The standard InChI is InChI=1S/C16H11Cl2N3O3/c17-10-2-1-9(12(18)5-10)8-21-16(22)11-6-14-15(24-4-3-23-14)7-13(11)19-20-21/h1-2,5-7H,3-4,8H2. The van der Waals surface area contributed by atoms with Crippen molar-refractivity contribution in [1.29, 1.82) is 0 Å². The molecule has 2 heterocycles. The molecule has 0 atom stereocenters. The van der Waals surface area contributed by atoms with E-state index in [1.165, 1.54) is 4.68 Å². The monoisotopic (exact) mass is 363 g/mol. The van der Waals surface area contributed by atoms with Gasteiger partial charge in [-0.3, -0.25) is 4.79 Å². The minimum atomic E-state index is -0.275. The SMILES string of the molecule is O=c1c2cc3c(cc2nnn1Cc1ccc(Cl)cc1Cl)OCCO3. The van der Waals surface area contributed by atoms with Gasteiger partial charge in [0.15, 0.2) is 11.5 Å². The highest BCUT2D eigenvalue weighted by Crippen LogP contribution is 2.32. The van der Waals surface area contributed by atoms with Crippen molar-refractivity contribution < 1.29 is 9.47 Å². The lowest BCUT2D eigenvalue weighted by atomic mass is 10.2. The van der Waals surface area contributed by atoms with Crippen LogP contribution >= 0.6 is 23.2 Å². The summed E-state index contributed by atoms with van der Waals surface area (Å²) < 4.78 is 12.3. The Bertz CT molecular complexity index is 1000. The van der Waals surface area contributed by atoms with Crippen LogP contribution in [0, 0.1) is 0 Å². The summed E-state index contributed by atoms with van der Waals surface area (Å²) in [6.07, 6.45) is 0. The zero-order chi connectivity index (χ0) is 16.7. The molecule has 24 heavy (non-hydrogen) atoms. The van der Waals surface area contributed by atoms with Gasteiger partial charge in [0.1, 0.15) is 18.7 Å². The smallest absolute Gasteiger partial charge is 0.278 e. The van der Waals surface area contributed by atoms with Crippen LogP contribution in [0.3, 0.4) is 0 Å². The van der Waals surface area contributed by atoms with E-state index in [4.69, 9.17) is 32.7 Å². The quantitative estimate of drug-likeness (QED) is 0.700. The third kappa shape index (κ3) is 2.68. The third-order valence-corrected chi connectivity index (χ3v) is 4.31. The Morgan fingerprint density at radius 1 is 1.08 bits per heavy atom. The molecule has 0 N–H and O–H groups in total. The van der Waals surface area contributed by atoms with Crippen molar-refractivity contribution in [3.05, 3.63) is 56.3 Å². The first-order chi connectivity index (χ1) is 11.6. The molecule has 0 bridgehead atoms. The number of hydrogen-bond acceptors (Lipinski definition) is 5. The highest BCUT2D eigenvalue weighted by atomic mass is 35.5. The van der Waals surface area contributed by atoms with E-state index in [0.717, 1.165) is 5.56 Å². The molecule has 2 aromatic carbocycles. The van der Waals surface area contributed by atoms with Gasteiger partial charge in [-0.25, -0.2) is 4.68 Å². The Labute approximate surface area is 146 Å². The van der Waals surface area contributed by atoms with E-state index in [2.05, 4.69) is 10.3 Å². The maximum atomic E-state index is 12.7. The second kappa shape index (κ2) is 5.96. The van der Waals surface area contributed by atoms with Gasteiger partial charge >= 0.3 is 0 Å². The van der Waals surface area contributed by atoms with Crippen molar-refractivity contribution in [3.8, 4) is 11.5 Å². The summed E-state index contributed by atoms with van der Waals surface area (Å²) in [5.41, 5.74) is 0.917. The fourth-order valence-electron chi connectivity index (χ4n) is 2.53. The van der Waals surface area contributed by atoms with Crippen LogP contribution in [0.1, 0.15) is 5.56 Å². The van der Waals surface area contributed by atoms with Gasteiger partial charge in [-0.15, -0.1) is 5.10 Å². The highest BCUT2D eigenvalue weighted by Gasteiger charge is 2.16. The topological polar surface area (TPSA) is 66.2 Å². The van der Waals surface area contributed by atoms with Crippen LogP contribution in [0.15, 0.2) is 35.1 Å². The molecule has 0 fully saturated rings. The van der Waals surface area contributed by atoms with Crippen molar-refractivity contribution in [2.75, 3.05) is 13.2 Å². The molecule has 0 aliphatic carbocycles. The summed E-state index contributed by atoms with van der Waals surface area (Å²) in [7, 11) is 0. The first-order valence-electron chi connectivity index (χ1n) is 7.23. The van der Waals surface area contributed by atoms with E-state index in [1.54, 1.807) is 30.3 Å². The van der Waals surface area contributed by atoms with Gasteiger partial charge < -0.3 is 9.47 Å². The van der Waals surface area contributed by atoms with Crippen molar-refractivity contribution in [3.63, 3.8) is 0 Å². The number of nitrogens with zero attached hydrogens (tertiary/aromatic N) is 3. The molecular weight excluding hydrogens is 353 g/mol. The molecule has 0 saturated carbocycles. The minimum absolute atomic E-state index is 0.201. The van der Waals surface area contributed by atoms with Gasteiger partial charge in [0.05, 0.1) is 11.9 Å². The number of fused-ring (bicyclic) bond motifs is 2. The molecule has 0 unspecified atom stereocenters. The van der Waals surface area contributed by atoms with E-state index in [9.17, 15) is 4.79 Å². The number of benzene rings is 2. The van der Waals surface area contributed by atoms with E-state index in [-0.39, 0.29) is 12.1 Å². The van der Waals surface area contributed by atoms with E-state index in [1.807, 2.05) is 0 Å². The molecule has 6 nitrogen and oxygen atoms in total. The maximum Gasteiger partial charge on any atom is 0.278 e. The van der Waals surface area contributed by atoms with Gasteiger partial charge in [-0.2, -0.15) is 0 Å². The van der Waals surface area contributed by atoms with Crippen LogP contribution in [-0.4, -0.2) is 28.2 Å². The first kappa shape index (κ1) is 15.2. The van der Waals surface area contributed by atoms with Crippen molar-refractivity contribution >= 4 is 34.1 Å². The van der Waals surface area contributed by atoms with Crippen LogP contribution in [-0.2, 0) is 6.54 Å². The largest absolute Gasteiger partial charge is 0.486 e. The van der Waals surface area contributed by atoms with Crippen LogP contribution in [0.5, 0.6) is 11.5 Å². The second-order valence-electron chi connectivity index (χ2n) is 5.30. The first-order valence-corrected chi connectivity index (χ1v) is 7.98. The summed E-state index contributed by atoms with van der Waals surface area (Å²) in [6, 6.07) is 8.40. The Kier molecular flexibility index (Phi) is 3.78. The molecule has 0 spiro atoms. The molecule has 8 heteroatoms. The molecule has 3 aromatic rings. The van der Waals surface area contributed by atoms with Gasteiger partial charge in [-0.05, 0) is 23.8 Å². The fourth-order valence-corrected chi connectivity index (χ4v) is 3.00. The average molecular weight is 364 g/mol. The van der Waals surface area contributed by atoms with Gasteiger partial charge in [0.25, 0.3) is 5.56 Å². The van der Waals surface area contributed by atoms with Crippen molar-refractivity contribution in [1.82, 2.24) is 15.0 Å². The number of rotatable bonds is 2. The Balaban J connectivity index is 1.79. The van der Waals surface area contributed by atoms with Gasteiger partial charge in [0.2, 0.25) is 0 Å². The molecule has 0 amide bonds. The van der Waals surface area contributed by atoms with Gasteiger partial charge in [0, 0.05) is 16.1 Å². The lowest BCUT2D eigenvalue weighted by Crippen LogP contribution is -2.25. The molecular formula is C16H11Cl2N3O3. The molecule has 122 valence electrons. The Morgan fingerprint density at radius 3 is 2.58 bits per heavy atom. The number of halogens is 2. The molecule has 4 rings (SSSR count). The fraction of sp³-hybridized carbons (Fsp3) is 0.188. The summed E-state index contributed by atoms with van der Waals surface area (Å²) >= 11 is 12.1. The number of ether oxygens (including phenoxy) is 2. The number of hydrogen-bond donors (Lipinski definition) is 0. The lowest BCUT2D eigenvalue weighted by Gasteiger charge is -2.18. The minimum Gasteiger partial charge on any atom is -0.486 e. The van der Waals surface area contributed by atoms with Gasteiger partial charge in [-0.1, -0.05) is 34.5 Å². The van der Waals surface area contributed by atoms with Crippen LogP contribution in [0.2, 0.25) is 10.0 Å². The average Bonchev–Trinajstić information content (AvgIpc) is 2.58. The van der Waals surface area contributed by atoms with E-state index < -0.39 is 0 Å². The number of aromatic nitrogens is 3. The molecule has 0 radical (unpaired) electrons. The summed E-state index contributed by atoms with van der Waals surface area (Å²) in [4.78, 5) is 12.7. The highest BCUT2D eigenvalue weighted by molar-refractivity contribution is 6.35.